The first kappa shape index (κ1) is 21.6. The van der Waals surface area contributed by atoms with Gasteiger partial charge in [-0.25, -0.2) is 4.79 Å². The van der Waals surface area contributed by atoms with Gasteiger partial charge in [0.1, 0.15) is 0 Å². The molecule has 3 N–H and O–H groups in total. The van der Waals surface area contributed by atoms with E-state index >= 15 is 0 Å². The van der Waals surface area contributed by atoms with E-state index in [1.165, 1.54) is 5.56 Å². The molecule has 0 saturated carbocycles. The summed E-state index contributed by atoms with van der Waals surface area (Å²) < 4.78 is 5.56. The summed E-state index contributed by atoms with van der Waals surface area (Å²) in [6.45, 7) is 1.90. The van der Waals surface area contributed by atoms with E-state index in [4.69, 9.17) is 4.74 Å². The van der Waals surface area contributed by atoms with Crippen molar-refractivity contribution in [3.8, 4) is 0 Å². The molecule has 1 heterocycles. The molecule has 6 nitrogen and oxygen atoms in total. The second-order valence-electron chi connectivity index (χ2n) is 7.96. The second-order valence-corrected chi connectivity index (χ2v) is 7.96. The van der Waals surface area contributed by atoms with Gasteiger partial charge in [-0.2, -0.15) is 0 Å². The number of anilines is 2. The normalized spacial score (nSPS) is 14.9. The lowest BCUT2D eigenvalue weighted by Crippen LogP contribution is -2.45. The van der Waals surface area contributed by atoms with E-state index in [1.807, 2.05) is 48.5 Å². The van der Waals surface area contributed by atoms with Gasteiger partial charge in [0.2, 0.25) is 0 Å². The minimum Gasteiger partial charge on any atom is -0.381 e. The Hall–Kier alpha value is -3.64. The van der Waals surface area contributed by atoms with Gasteiger partial charge < -0.3 is 20.7 Å². The van der Waals surface area contributed by atoms with Crippen LogP contribution in [0.5, 0.6) is 0 Å². The SMILES string of the molecule is O=C(NCC1(c2ccccc2)CCOCC1)Nc1ccc(C(=O)Nc2ccccc2)cc1. The van der Waals surface area contributed by atoms with Crippen LogP contribution in [-0.2, 0) is 10.2 Å². The van der Waals surface area contributed by atoms with Gasteiger partial charge in [0, 0.05) is 42.1 Å². The number of hydrogen-bond acceptors (Lipinski definition) is 3. The van der Waals surface area contributed by atoms with Crippen molar-refractivity contribution < 1.29 is 14.3 Å². The van der Waals surface area contributed by atoms with Gasteiger partial charge in [-0.3, -0.25) is 4.79 Å². The number of para-hydroxylation sites is 1. The molecule has 3 aromatic rings. The summed E-state index contributed by atoms with van der Waals surface area (Å²) in [7, 11) is 0. The van der Waals surface area contributed by atoms with Crippen LogP contribution in [-0.4, -0.2) is 31.7 Å². The van der Waals surface area contributed by atoms with Gasteiger partial charge in [0.25, 0.3) is 5.91 Å². The molecule has 1 aliphatic heterocycles. The molecule has 164 valence electrons. The lowest BCUT2D eigenvalue weighted by Gasteiger charge is -2.38. The zero-order valence-electron chi connectivity index (χ0n) is 17.8. The molecule has 1 fully saturated rings. The van der Waals surface area contributed by atoms with E-state index < -0.39 is 0 Å². The predicted molar refractivity (Wildman–Crippen MR) is 126 cm³/mol. The van der Waals surface area contributed by atoms with Crippen LogP contribution in [0.2, 0.25) is 0 Å². The number of hydrogen-bond donors (Lipinski definition) is 3. The van der Waals surface area contributed by atoms with Gasteiger partial charge in [-0.05, 0) is 54.8 Å². The first-order valence-corrected chi connectivity index (χ1v) is 10.8. The molecule has 6 heteroatoms. The molecule has 0 aliphatic carbocycles. The Morgan fingerprint density at radius 3 is 2.00 bits per heavy atom. The van der Waals surface area contributed by atoms with E-state index in [0.717, 1.165) is 18.5 Å². The number of rotatable bonds is 6. The first-order chi connectivity index (χ1) is 15.6. The summed E-state index contributed by atoms with van der Waals surface area (Å²) in [6.07, 6.45) is 1.73. The van der Waals surface area contributed by atoms with Crippen LogP contribution < -0.4 is 16.0 Å². The smallest absolute Gasteiger partial charge is 0.319 e. The Morgan fingerprint density at radius 1 is 0.750 bits per heavy atom. The predicted octanol–water partition coefficient (Wildman–Crippen LogP) is 4.81. The number of ether oxygens (including phenoxy) is 1. The zero-order chi connectivity index (χ0) is 22.2. The van der Waals surface area contributed by atoms with Crippen LogP contribution in [0.1, 0.15) is 28.8 Å². The minimum absolute atomic E-state index is 0.129. The van der Waals surface area contributed by atoms with Crippen molar-refractivity contribution in [1.29, 1.82) is 0 Å². The molecular weight excluding hydrogens is 402 g/mol. The van der Waals surface area contributed by atoms with Crippen molar-refractivity contribution in [3.05, 3.63) is 96.1 Å². The van der Waals surface area contributed by atoms with Gasteiger partial charge in [0.15, 0.2) is 0 Å². The summed E-state index contributed by atoms with van der Waals surface area (Å²) >= 11 is 0. The quantitative estimate of drug-likeness (QED) is 0.526. The maximum atomic E-state index is 12.6. The largest absolute Gasteiger partial charge is 0.381 e. The van der Waals surface area contributed by atoms with E-state index in [9.17, 15) is 9.59 Å². The lowest BCUT2D eigenvalue weighted by atomic mass is 9.74. The fourth-order valence-electron chi connectivity index (χ4n) is 3.98. The fourth-order valence-corrected chi connectivity index (χ4v) is 3.98. The van der Waals surface area contributed by atoms with Crippen molar-refractivity contribution in [2.75, 3.05) is 30.4 Å². The Morgan fingerprint density at radius 2 is 1.34 bits per heavy atom. The second kappa shape index (κ2) is 10.1. The maximum absolute atomic E-state index is 12.6. The number of carbonyl (C=O) groups is 2. The molecule has 0 radical (unpaired) electrons. The van der Waals surface area contributed by atoms with E-state index in [0.29, 0.717) is 31.0 Å². The number of carbonyl (C=O) groups excluding carboxylic acids is 2. The summed E-state index contributed by atoms with van der Waals surface area (Å²) in [5, 5.41) is 8.72. The number of urea groups is 1. The van der Waals surface area contributed by atoms with Crippen LogP contribution >= 0.6 is 0 Å². The lowest BCUT2D eigenvalue weighted by molar-refractivity contribution is 0.0508. The highest BCUT2D eigenvalue weighted by Gasteiger charge is 2.34. The van der Waals surface area contributed by atoms with Crippen LogP contribution in [0.3, 0.4) is 0 Å². The molecule has 3 aromatic carbocycles. The van der Waals surface area contributed by atoms with Gasteiger partial charge >= 0.3 is 6.03 Å². The molecule has 3 amide bonds. The molecule has 0 atom stereocenters. The van der Waals surface area contributed by atoms with Crippen LogP contribution in [0.15, 0.2) is 84.9 Å². The van der Waals surface area contributed by atoms with Crippen LogP contribution in [0.4, 0.5) is 16.2 Å². The van der Waals surface area contributed by atoms with Crippen molar-refractivity contribution in [2.24, 2.45) is 0 Å². The minimum atomic E-state index is -0.270. The Balaban J connectivity index is 1.34. The van der Waals surface area contributed by atoms with Gasteiger partial charge in [0.05, 0.1) is 0 Å². The molecular formula is C26H27N3O3. The molecule has 1 aliphatic rings. The average molecular weight is 430 g/mol. The highest BCUT2D eigenvalue weighted by atomic mass is 16.5. The summed E-state index contributed by atoms with van der Waals surface area (Å²) in [5.74, 6) is -0.198. The van der Waals surface area contributed by atoms with Crippen LogP contribution in [0.25, 0.3) is 0 Å². The van der Waals surface area contributed by atoms with E-state index in [-0.39, 0.29) is 17.4 Å². The third kappa shape index (κ3) is 5.34. The molecule has 0 spiro atoms. The Labute approximate surface area is 188 Å². The van der Waals surface area contributed by atoms with E-state index in [1.54, 1.807) is 24.3 Å². The van der Waals surface area contributed by atoms with Gasteiger partial charge in [-0.1, -0.05) is 48.5 Å². The number of nitrogens with one attached hydrogen (secondary N) is 3. The Kier molecular flexibility index (Phi) is 6.82. The molecule has 1 saturated heterocycles. The molecule has 4 rings (SSSR count). The highest BCUT2D eigenvalue weighted by molar-refractivity contribution is 6.04. The third-order valence-corrected chi connectivity index (χ3v) is 5.86. The standard InChI is InChI=1S/C26H27N3O3/c30-24(28-22-9-5-2-6-10-22)20-11-13-23(14-12-20)29-25(31)27-19-26(15-17-32-18-16-26)21-7-3-1-4-8-21/h1-14H,15-19H2,(H,28,30)(H2,27,29,31). The number of benzene rings is 3. The van der Waals surface area contributed by atoms with Crippen molar-refractivity contribution in [1.82, 2.24) is 5.32 Å². The van der Waals surface area contributed by atoms with Crippen molar-refractivity contribution in [3.63, 3.8) is 0 Å². The van der Waals surface area contributed by atoms with Crippen molar-refractivity contribution >= 4 is 23.3 Å². The average Bonchev–Trinajstić information content (AvgIpc) is 2.85. The van der Waals surface area contributed by atoms with Crippen LogP contribution in [0, 0.1) is 0 Å². The molecule has 0 aromatic heterocycles. The highest BCUT2D eigenvalue weighted by Crippen LogP contribution is 2.34. The molecule has 0 unspecified atom stereocenters. The molecule has 32 heavy (non-hydrogen) atoms. The Bertz CT molecular complexity index is 1030. The zero-order valence-corrected chi connectivity index (χ0v) is 17.8. The summed E-state index contributed by atoms with van der Waals surface area (Å²) in [4.78, 5) is 24.9. The van der Waals surface area contributed by atoms with E-state index in [2.05, 4.69) is 28.1 Å². The summed E-state index contributed by atoms with van der Waals surface area (Å²) in [5.41, 5.74) is 2.97. The molecule has 0 bridgehead atoms. The topological polar surface area (TPSA) is 79.5 Å². The first-order valence-electron chi connectivity index (χ1n) is 10.8. The van der Waals surface area contributed by atoms with Gasteiger partial charge in [-0.15, -0.1) is 0 Å². The monoisotopic (exact) mass is 429 g/mol. The fraction of sp³-hybridized carbons (Fsp3) is 0.231. The summed E-state index contributed by atoms with van der Waals surface area (Å²) in [6, 6.07) is 26.1. The number of amides is 3. The van der Waals surface area contributed by atoms with Crippen molar-refractivity contribution in [2.45, 2.75) is 18.3 Å². The third-order valence-electron chi connectivity index (χ3n) is 5.86. The maximum Gasteiger partial charge on any atom is 0.319 e.